The van der Waals surface area contributed by atoms with Crippen LogP contribution < -0.4 is 0 Å². The van der Waals surface area contributed by atoms with Crippen molar-refractivity contribution in [1.29, 1.82) is 0 Å². The molecule has 1 saturated heterocycles. The van der Waals surface area contributed by atoms with Gasteiger partial charge in [0.2, 0.25) is 0 Å². The van der Waals surface area contributed by atoms with Crippen LogP contribution in [-0.4, -0.2) is 19.0 Å². The van der Waals surface area contributed by atoms with Crippen LogP contribution in [-0.2, 0) is 9.47 Å². The van der Waals surface area contributed by atoms with Gasteiger partial charge in [0.05, 0.1) is 12.2 Å². The fraction of sp³-hybridized carbons (Fsp3) is 1.00. The molecule has 1 aliphatic rings. The summed E-state index contributed by atoms with van der Waals surface area (Å²) in [6.45, 7) is 4.50. The van der Waals surface area contributed by atoms with Gasteiger partial charge < -0.3 is 9.47 Å². The van der Waals surface area contributed by atoms with Crippen LogP contribution in [0.5, 0.6) is 0 Å². The highest BCUT2D eigenvalue weighted by Gasteiger charge is 2.18. The second-order valence-corrected chi connectivity index (χ2v) is 1.86. The first kappa shape index (κ1) is 5.06. The lowest BCUT2D eigenvalue weighted by atomic mass is 10.3. The Morgan fingerprint density at radius 3 is 1.71 bits per heavy atom. The van der Waals surface area contributed by atoms with Crippen molar-refractivity contribution >= 4 is 0 Å². The monoisotopic (exact) mass is 102 g/mol. The smallest absolute Gasteiger partial charge is 0.147 e. The molecule has 42 valence electrons. The molecule has 0 spiro atoms. The van der Waals surface area contributed by atoms with Crippen LogP contribution in [0.2, 0.25) is 0 Å². The maximum atomic E-state index is 5.04. The van der Waals surface area contributed by atoms with Gasteiger partial charge >= 0.3 is 0 Å². The van der Waals surface area contributed by atoms with Crippen molar-refractivity contribution in [3.63, 3.8) is 0 Å². The zero-order valence-corrected chi connectivity index (χ0v) is 4.68. The molecule has 1 fully saturated rings. The zero-order chi connectivity index (χ0) is 5.28. The standard InChI is InChI=1S/C5H10O2/c1-4-5(2)7-3-6-4/h4-5H,3H2,1-2H3/t4-,5?/m1/s1. The minimum absolute atomic E-state index is 0.292. The van der Waals surface area contributed by atoms with Gasteiger partial charge in [-0.3, -0.25) is 0 Å². The Morgan fingerprint density at radius 1 is 1.14 bits per heavy atom. The Morgan fingerprint density at radius 2 is 1.57 bits per heavy atom. The van der Waals surface area contributed by atoms with Gasteiger partial charge in [0, 0.05) is 0 Å². The number of hydrogen-bond donors (Lipinski definition) is 0. The van der Waals surface area contributed by atoms with Crippen molar-refractivity contribution in [2.24, 2.45) is 0 Å². The van der Waals surface area contributed by atoms with Gasteiger partial charge in [-0.1, -0.05) is 0 Å². The van der Waals surface area contributed by atoms with Crippen molar-refractivity contribution in [1.82, 2.24) is 0 Å². The highest BCUT2D eigenvalue weighted by molar-refractivity contribution is 4.62. The number of ether oxygens (including phenoxy) is 2. The molecule has 2 nitrogen and oxygen atoms in total. The Kier molecular flexibility index (Phi) is 1.30. The molecule has 1 rings (SSSR count). The van der Waals surface area contributed by atoms with Crippen molar-refractivity contribution in [3.8, 4) is 0 Å². The van der Waals surface area contributed by atoms with Gasteiger partial charge in [-0.2, -0.15) is 0 Å². The molecule has 0 N–H and O–H groups in total. The van der Waals surface area contributed by atoms with Gasteiger partial charge in [0.1, 0.15) is 6.79 Å². The first-order chi connectivity index (χ1) is 3.30. The highest BCUT2D eigenvalue weighted by atomic mass is 16.7. The summed E-state index contributed by atoms with van der Waals surface area (Å²) in [4.78, 5) is 0. The quantitative estimate of drug-likeness (QED) is 0.449. The molecule has 0 radical (unpaired) electrons. The SMILES string of the molecule is CC1OCO[C@@H]1C. The molecule has 1 aliphatic heterocycles. The van der Waals surface area contributed by atoms with Crippen LogP contribution in [0.1, 0.15) is 13.8 Å². The Bertz CT molecular complexity index is 55.1. The van der Waals surface area contributed by atoms with Crippen LogP contribution in [0.15, 0.2) is 0 Å². The fourth-order valence-electron chi connectivity index (χ4n) is 0.525. The van der Waals surface area contributed by atoms with Crippen LogP contribution in [0.3, 0.4) is 0 Å². The van der Waals surface area contributed by atoms with Crippen molar-refractivity contribution in [3.05, 3.63) is 0 Å². The average Bonchev–Trinajstić information content (AvgIpc) is 1.91. The van der Waals surface area contributed by atoms with E-state index in [1.807, 2.05) is 13.8 Å². The van der Waals surface area contributed by atoms with Gasteiger partial charge in [-0.25, -0.2) is 0 Å². The second kappa shape index (κ2) is 1.80. The molecule has 0 aromatic heterocycles. The molecule has 0 aliphatic carbocycles. The lowest BCUT2D eigenvalue weighted by Gasteiger charge is -2.02. The van der Waals surface area contributed by atoms with Gasteiger partial charge in [-0.05, 0) is 13.8 Å². The molecule has 1 unspecified atom stereocenters. The first-order valence-corrected chi connectivity index (χ1v) is 2.54. The Hall–Kier alpha value is -0.0800. The third-order valence-electron chi connectivity index (χ3n) is 1.32. The molecular formula is C5H10O2. The summed E-state index contributed by atoms with van der Waals surface area (Å²) in [6, 6.07) is 0. The van der Waals surface area contributed by atoms with E-state index < -0.39 is 0 Å². The molecule has 0 saturated carbocycles. The first-order valence-electron chi connectivity index (χ1n) is 2.54. The molecule has 7 heavy (non-hydrogen) atoms. The Labute approximate surface area is 43.4 Å². The summed E-state index contributed by atoms with van der Waals surface area (Å²) >= 11 is 0. The second-order valence-electron chi connectivity index (χ2n) is 1.86. The molecule has 2 heteroatoms. The number of rotatable bonds is 0. The van der Waals surface area contributed by atoms with Crippen LogP contribution in [0.4, 0.5) is 0 Å². The predicted octanol–water partition coefficient (Wildman–Crippen LogP) is 0.768. The third kappa shape index (κ3) is 0.924. The van der Waals surface area contributed by atoms with E-state index in [4.69, 9.17) is 9.47 Å². The summed E-state index contributed by atoms with van der Waals surface area (Å²) in [5.74, 6) is 0. The van der Waals surface area contributed by atoms with Crippen molar-refractivity contribution in [2.75, 3.05) is 6.79 Å². The van der Waals surface area contributed by atoms with Gasteiger partial charge in [0.15, 0.2) is 0 Å². The van der Waals surface area contributed by atoms with Crippen molar-refractivity contribution < 1.29 is 9.47 Å². The minimum Gasteiger partial charge on any atom is -0.350 e. The van der Waals surface area contributed by atoms with Gasteiger partial charge in [0.25, 0.3) is 0 Å². The third-order valence-corrected chi connectivity index (χ3v) is 1.32. The fourth-order valence-corrected chi connectivity index (χ4v) is 0.525. The van der Waals surface area contributed by atoms with E-state index in [9.17, 15) is 0 Å². The summed E-state index contributed by atoms with van der Waals surface area (Å²) in [6.07, 6.45) is 0.583. The van der Waals surface area contributed by atoms with Crippen LogP contribution in [0.25, 0.3) is 0 Å². The number of hydrogen-bond acceptors (Lipinski definition) is 2. The summed E-state index contributed by atoms with van der Waals surface area (Å²) in [5.41, 5.74) is 0. The maximum absolute atomic E-state index is 5.04. The van der Waals surface area contributed by atoms with E-state index in [1.165, 1.54) is 0 Å². The lowest BCUT2D eigenvalue weighted by Crippen LogP contribution is -2.13. The molecule has 0 amide bonds. The van der Waals surface area contributed by atoms with Gasteiger partial charge in [-0.15, -0.1) is 0 Å². The van der Waals surface area contributed by atoms with E-state index in [0.29, 0.717) is 19.0 Å². The summed E-state index contributed by atoms with van der Waals surface area (Å²) in [5, 5.41) is 0. The Balaban J connectivity index is 2.33. The molecule has 0 aromatic carbocycles. The minimum atomic E-state index is 0.292. The van der Waals surface area contributed by atoms with E-state index in [0.717, 1.165) is 0 Å². The van der Waals surface area contributed by atoms with E-state index in [1.54, 1.807) is 0 Å². The average molecular weight is 102 g/mol. The highest BCUT2D eigenvalue weighted by Crippen LogP contribution is 2.09. The van der Waals surface area contributed by atoms with Crippen molar-refractivity contribution in [2.45, 2.75) is 26.1 Å². The lowest BCUT2D eigenvalue weighted by molar-refractivity contribution is 0.0433. The normalized spacial score (nSPS) is 42.0. The topological polar surface area (TPSA) is 18.5 Å². The molecule has 2 atom stereocenters. The largest absolute Gasteiger partial charge is 0.350 e. The molecule has 0 bridgehead atoms. The van der Waals surface area contributed by atoms with Crippen LogP contribution >= 0.6 is 0 Å². The van der Waals surface area contributed by atoms with E-state index in [2.05, 4.69) is 0 Å². The maximum Gasteiger partial charge on any atom is 0.147 e. The van der Waals surface area contributed by atoms with Crippen LogP contribution in [0, 0.1) is 0 Å². The van der Waals surface area contributed by atoms with E-state index in [-0.39, 0.29) is 0 Å². The molecule has 0 aromatic rings. The predicted molar refractivity (Wildman–Crippen MR) is 26.0 cm³/mol. The summed E-state index contributed by atoms with van der Waals surface area (Å²) < 4.78 is 10.1. The summed E-state index contributed by atoms with van der Waals surface area (Å²) in [7, 11) is 0. The molecular weight excluding hydrogens is 92.1 g/mol. The molecule has 1 heterocycles. The zero-order valence-electron chi connectivity index (χ0n) is 4.68. The van der Waals surface area contributed by atoms with E-state index >= 15 is 0 Å².